The van der Waals surface area contributed by atoms with Gasteiger partial charge in [0, 0.05) is 21.7 Å². The zero-order valence-corrected chi connectivity index (χ0v) is 11.0. The van der Waals surface area contributed by atoms with Gasteiger partial charge in [-0.15, -0.1) is 0 Å². The first-order chi connectivity index (χ1) is 7.72. The van der Waals surface area contributed by atoms with Crippen LogP contribution in [0.1, 0.15) is 37.3 Å². The molecule has 1 N–H and O–H groups in total. The van der Waals surface area contributed by atoms with Crippen LogP contribution < -0.4 is 5.32 Å². The first-order valence-corrected chi connectivity index (χ1v) is 6.59. The lowest BCUT2D eigenvalue weighted by Gasteiger charge is -2.30. The molecule has 3 heteroatoms. The average Bonchev–Trinajstić information content (AvgIpc) is 2.19. The van der Waals surface area contributed by atoms with Crippen LogP contribution in [-0.2, 0) is 0 Å². The van der Waals surface area contributed by atoms with E-state index in [1.54, 1.807) is 0 Å². The third-order valence-electron chi connectivity index (χ3n) is 3.49. The van der Waals surface area contributed by atoms with E-state index in [1.807, 2.05) is 25.2 Å². The molecule has 0 heterocycles. The van der Waals surface area contributed by atoms with Gasteiger partial charge in [0.05, 0.1) is 0 Å². The van der Waals surface area contributed by atoms with Crippen LogP contribution in [0.25, 0.3) is 0 Å². The topological polar surface area (TPSA) is 12.0 Å². The van der Waals surface area contributed by atoms with E-state index in [-0.39, 0.29) is 6.04 Å². The zero-order valence-electron chi connectivity index (χ0n) is 9.47. The van der Waals surface area contributed by atoms with Crippen molar-refractivity contribution in [3.8, 4) is 0 Å². The molecule has 16 heavy (non-hydrogen) atoms. The monoisotopic (exact) mass is 257 g/mol. The molecule has 0 amide bonds. The largest absolute Gasteiger partial charge is 0.313 e. The molecule has 1 saturated carbocycles. The van der Waals surface area contributed by atoms with Crippen molar-refractivity contribution in [1.82, 2.24) is 5.32 Å². The highest BCUT2D eigenvalue weighted by atomic mass is 35.5. The summed E-state index contributed by atoms with van der Waals surface area (Å²) in [5, 5.41) is 4.87. The maximum atomic E-state index is 6.22. The van der Waals surface area contributed by atoms with Gasteiger partial charge >= 0.3 is 0 Å². The van der Waals surface area contributed by atoms with E-state index >= 15 is 0 Å². The van der Waals surface area contributed by atoms with Crippen LogP contribution in [0.4, 0.5) is 0 Å². The highest BCUT2D eigenvalue weighted by molar-refractivity contribution is 6.36. The van der Waals surface area contributed by atoms with Crippen molar-refractivity contribution in [3.63, 3.8) is 0 Å². The van der Waals surface area contributed by atoms with Crippen LogP contribution in [0.3, 0.4) is 0 Å². The zero-order chi connectivity index (χ0) is 11.5. The summed E-state index contributed by atoms with van der Waals surface area (Å²) in [6, 6.07) is 6.00. The lowest BCUT2D eigenvalue weighted by molar-refractivity contribution is 0.266. The normalized spacial score (nSPS) is 18.2. The number of nitrogens with one attached hydrogen (secondary N) is 1. The minimum Gasteiger partial charge on any atom is -0.313 e. The smallest absolute Gasteiger partial charge is 0.0468 e. The fraction of sp³-hybridized carbons (Fsp3) is 0.538. The third-order valence-corrected chi connectivity index (χ3v) is 4.15. The molecule has 0 aliphatic heterocycles. The Bertz CT molecular complexity index is 341. The van der Waals surface area contributed by atoms with Crippen molar-refractivity contribution in [2.24, 2.45) is 5.92 Å². The van der Waals surface area contributed by atoms with Gasteiger partial charge in [0.25, 0.3) is 0 Å². The minimum atomic E-state index is 0.284. The van der Waals surface area contributed by atoms with Gasteiger partial charge in [0.15, 0.2) is 0 Å². The van der Waals surface area contributed by atoms with Crippen LogP contribution >= 0.6 is 23.2 Å². The quantitative estimate of drug-likeness (QED) is 0.841. The van der Waals surface area contributed by atoms with Gasteiger partial charge in [-0.05, 0) is 31.5 Å². The molecule has 1 nitrogen and oxygen atoms in total. The Morgan fingerprint density at radius 1 is 1.31 bits per heavy atom. The van der Waals surface area contributed by atoms with Gasteiger partial charge < -0.3 is 5.32 Å². The van der Waals surface area contributed by atoms with Crippen molar-refractivity contribution in [1.29, 1.82) is 0 Å². The predicted molar refractivity (Wildman–Crippen MR) is 70.2 cm³/mol. The van der Waals surface area contributed by atoms with Crippen molar-refractivity contribution >= 4 is 23.2 Å². The molecule has 1 atom stereocenters. The molecule has 0 saturated heterocycles. The van der Waals surface area contributed by atoms with Gasteiger partial charge in [0.2, 0.25) is 0 Å². The summed E-state index contributed by atoms with van der Waals surface area (Å²) < 4.78 is 0. The second kappa shape index (κ2) is 5.39. The summed E-state index contributed by atoms with van der Waals surface area (Å²) in [5.41, 5.74) is 1.06. The van der Waals surface area contributed by atoms with Crippen LogP contribution in [0, 0.1) is 5.92 Å². The molecule has 88 valence electrons. The van der Waals surface area contributed by atoms with Gasteiger partial charge in [-0.3, -0.25) is 0 Å². The van der Waals surface area contributed by atoms with E-state index < -0.39 is 0 Å². The Labute approximate surface area is 107 Å². The van der Waals surface area contributed by atoms with Crippen molar-refractivity contribution in [2.75, 3.05) is 7.05 Å². The Morgan fingerprint density at radius 2 is 1.94 bits per heavy atom. The molecule has 0 bridgehead atoms. The molecular formula is C13H17Cl2N. The Hall–Kier alpha value is -0.240. The molecule has 1 aliphatic rings. The summed E-state index contributed by atoms with van der Waals surface area (Å²) in [6.45, 7) is 0. The molecule has 2 rings (SSSR count). The van der Waals surface area contributed by atoms with Crippen LogP contribution in [0.2, 0.25) is 10.0 Å². The van der Waals surface area contributed by atoms with Crippen molar-refractivity contribution in [3.05, 3.63) is 33.8 Å². The number of hydrogen-bond donors (Lipinski definition) is 1. The summed E-state index contributed by atoms with van der Waals surface area (Å²) >= 11 is 12.4. The standard InChI is InChI=1S/C13H17Cl2N/c1-16-12(8-9-4-2-5-9)13-10(14)6-3-7-11(13)15/h3,6-7,9,12,16H,2,4-5,8H2,1H3. The van der Waals surface area contributed by atoms with E-state index in [4.69, 9.17) is 23.2 Å². The van der Waals surface area contributed by atoms with Crippen LogP contribution in [-0.4, -0.2) is 7.05 Å². The fourth-order valence-electron chi connectivity index (χ4n) is 2.29. The van der Waals surface area contributed by atoms with E-state index in [0.29, 0.717) is 0 Å². The molecule has 1 unspecified atom stereocenters. The maximum absolute atomic E-state index is 6.22. The van der Waals surface area contributed by atoms with E-state index in [0.717, 1.165) is 27.9 Å². The van der Waals surface area contributed by atoms with Crippen molar-refractivity contribution < 1.29 is 0 Å². The molecule has 1 aliphatic carbocycles. The number of hydrogen-bond acceptors (Lipinski definition) is 1. The van der Waals surface area contributed by atoms with Crippen molar-refractivity contribution in [2.45, 2.75) is 31.7 Å². The number of rotatable bonds is 4. The summed E-state index contributed by atoms with van der Waals surface area (Å²) in [5.74, 6) is 0.838. The Morgan fingerprint density at radius 3 is 2.38 bits per heavy atom. The highest BCUT2D eigenvalue weighted by Crippen LogP contribution is 2.38. The second-order valence-electron chi connectivity index (χ2n) is 4.51. The number of benzene rings is 1. The second-order valence-corrected chi connectivity index (χ2v) is 5.32. The Balaban J connectivity index is 2.17. The van der Waals surface area contributed by atoms with E-state index in [9.17, 15) is 0 Å². The SMILES string of the molecule is CNC(CC1CCC1)c1c(Cl)cccc1Cl. The van der Waals surface area contributed by atoms with Crippen LogP contribution in [0.15, 0.2) is 18.2 Å². The molecule has 0 aromatic heterocycles. The lowest BCUT2D eigenvalue weighted by atomic mass is 9.79. The van der Waals surface area contributed by atoms with E-state index in [1.165, 1.54) is 19.3 Å². The molecule has 0 radical (unpaired) electrons. The first-order valence-electron chi connectivity index (χ1n) is 5.83. The van der Waals surface area contributed by atoms with Crippen LogP contribution in [0.5, 0.6) is 0 Å². The minimum absolute atomic E-state index is 0.284. The summed E-state index contributed by atoms with van der Waals surface area (Å²) in [6.07, 6.45) is 5.21. The highest BCUT2D eigenvalue weighted by Gasteiger charge is 2.24. The van der Waals surface area contributed by atoms with Gasteiger partial charge in [-0.25, -0.2) is 0 Å². The molecule has 1 fully saturated rings. The third kappa shape index (κ3) is 2.53. The predicted octanol–water partition coefficient (Wildman–Crippen LogP) is 4.44. The fourth-order valence-corrected chi connectivity index (χ4v) is 2.95. The lowest BCUT2D eigenvalue weighted by Crippen LogP contribution is -2.23. The Kier molecular flexibility index (Phi) is 4.12. The molecule has 1 aromatic rings. The maximum Gasteiger partial charge on any atom is 0.0468 e. The van der Waals surface area contributed by atoms with Gasteiger partial charge in [-0.2, -0.15) is 0 Å². The molecule has 1 aromatic carbocycles. The summed E-state index contributed by atoms with van der Waals surface area (Å²) in [4.78, 5) is 0. The first kappa shape index (κ1) is 12.2. The number of halogens is 2. The summed E-state index contributed by atoms with van der Waals surface area (Å²) in [7, 11) is 1.98. The molecular weight excluding hydrogens is 241 g/mol. The van der Waals surface area contributed by atoms with Gasteiger partial charge in [0.1, 0.15) is 0 Å². The van der Waals surface area contributed by atoms with E-state index in [2.05, 4.69) is 5.32 Å². The molecule has 0 spiro atoms. The van der Waals surface area contributed by atoms with Gasteiger partial charge in [-0.1, -0.05) is 48.5 Å². The average molecular weight is 258 g/mol.